The van der Waals surface area contributed by atoms with Crippen LogP contribution in [-0.2, 0) is 4.74 Å². The van der Waals surface area contributed by atoms with E-state index in [1.165, 1.54) is 23.3 Å². The van der Waals surface area contributed by atoms with Crippen LogP contribution in [0.2, 0.25) is 0 Å². The molecule has 2 aromatic heterocycles. The summed E-state index contributed by atoms with van der Waals surface area (Å²) in [4.78, 5) is 8.83. The number of aryl methyl sites for hydroxylation is 1. The summed E-state index contributed by atoms with van der Waals surface area (Å²) in [5.41, 5.74) is 3.21. The number of ether oxygens (including phenoxy) is 1. The minimum atomic E-state index is 0.495. The SMILES string of the molecule is Cc1csc(-c2noc(-c3ccc(C4CCCOC4)cc3)n2)n1. The average Bonchev–Trinajstić information content (AvgIpc) is 3.25. The third-order valence-electron chi connectivity index (χ3n) is 4.03. The van der Waals surface area contributed by atoms with Crippen LogP contribution >= 0.6 is 11.3 Å². The predicted molar refractivity (Wildman–Crippen MR) is 88.4 cm³/mol. The first-order chi connectivity index (χ1) is 11.3. The Morgan fingerprint density at radius 2 is 2.04 bits per heavy atom. The second-order valence-electron chi connectivity index (χ2n) is 5.75. The van der Waals surface area contributed by atoms with E-state index in [9.17, 15) is 0 Å². The first-order valence-corrected chi connectivity index (χ1v) is 8.62. The van der Waals surface area contributed by atoms with Gasteiger partial charge in [-0.1, -0.05) is 17.3 Å². The van der Waals surface area contributed by atoms with Gasteiger partial charge in [0.05, 0.1) is 6.61 Å². The van der Waals surface area contributed by atoms with Gasteiger partial charge in [0, 0.05) is 29.2 Å². The summed E-state index contributed by atoms with van der Waals surface area (Å²) in [5.74, 6) is 1.57. The molecule has 3 aromatic rings. The predicted octanol–water partition coefficient (Wildman–Crippen LogP) is 4.06. The van der Waals surface area contributed by atoms with Crippen LogP contribution in [-0.4, -0.2) is 28.3 Å². The van der Waals surface area contributed by atoms with E-state index < -0.39 is 0 Å². The second kappa shape index (κ2) is 6.22. The Morgan fingerprint density at radius 3 is 2.74 bits per heavy atom. The number of aromatic nitrogens is 3. The molecule has 1 aliphatic heterocycles. The van der Waals surface area contributed by atoms with Gasteiger partial charge in [0.2, 0.25) is 5.82 Å². The zero-order chi connectivity index (χ0) is 15.6. The van der Waals surface area contributed by atoms with Crippen molar-refractivity contribution in [3.8, 4) is 22.3 Å². The maximum absolute atomic E-state index is 5.56. The Morgan fingerprint density at radius 1 is 1.17 bits per heavy atom. The summed E-state index contributed by atoms with van der Waals surface area (Å²) in [5, 5.41) is 6.79. The van der Waals surface area contributed by atoms with Crippen molar-refractivity contribution < 1.29 is 9.26 Å². The van der Waals surface area contributed by atoms with Crippen molar-refractivity contribution in [2.24, 2.45) is 0 Å². The molecule has 3 heterocycles. The van der Waals surface area contributed by atoms with E-state index in [0.29, 0.717) is 17.6 Å². The van der Waals surface area contributed by atoms with E-state index >= 15 is 0 Å². The third-order valence-corrected chi connectivity index (χ3v) is 4.98. The Labute approximate surface area is 138 Å². The van der Waals surface area contributed by atoms with Crippen molar-refractivity contribution in [2.45, 2.75) is 25.7 Å². The minimum Gasteiger partial charge on any atom is -0.381 e. The van der Waals surface area contributed by atoms with Crippen LogP contribution in [0.4, 0.5) is 0 Å². The van der Waals surface area contributed by atoms with Crippen LogP contribution in [0.5, 0.6) is 0 Å². The van der Waals surface area contributed by atoms with Crippen LogP contribution in [0, 0.1) is 6.92 Å². The Kier molecular flexibility index (Phi) is 3.93. The smallest absolute Gasteiger partial charge is 0.258 e. The molecule has 1 saturated heterocycles. The number of benzene rings is 1. The minimum absolute atomic E-state index is 0.495. The van der Waals surface area contributed by atoms with Crippen molar-refractivity contribution in [2.75, 3.05) is 13.2 Å². The van der Waals surface area contributed by atoms with Gasteiger partial charge in [0.25, 0.3) is 5.89 Å². The molecule has 0 aliphatic carbocycles. The molecule has 0 saturated carbocycles. The largest absolute Gasteiger partial charge is 0.381 e. The highest BCUT2D eigenvalue weighted by Crippen LogP contribution is 2.28. The molecule has 5 nitrogen and oxygen atoms in total. The first-order valence-electron chi connectivity index (χ1n) is 7.74. The highest BCUT2D eigenvalue weighted by molar-refractivity contribution is 7.13. The van der Waals surface area contributed by atoms with Crippen LogP contribution in [0.15, 0.2) is 34.2 Å². The molecule has 1 unspecified atom stereocenters. The van der Waals surface area contributed by atoms with E-state index in [1.807, 2.05) is 24.4 Å². The molecule has 0 N–H and O–H groups in total. The molecule has 23 heavy (non-hydrogen) atoms. The zero-order valence-corrected chi connectivity index (χ0v) is 13.7. The molecule has 0 amide bonds. The van der Waals surface area contributed by atoms with Crippen molar-refractivity contribution in [3.05, 3.63) is 40.9 Å². The van der Waals surface area contributed by atoms with Gasteiger partial charge in [-0.3, -0.25) is 0 Å². The van der Waals surface area contributed by atoms with Gasteiger partial charge in [-0.25, -0.2) is 4.98 Å². The van der Waals surface area contributed by atoms with Gasteiger partial charge in [-0.05, 0) is 37.5 Å². The van der Waals surface area contributed by atoms with Crippen LogP contribution in [0.3, 0.4) is 0 Å². The lowest BCUT2D eigenvalue weighted by molar-refractivity contribution is 0.0804. The van der Waals surface area contributed by atoms with Crippen molar-refractivity contribution >= 4 is 11.3 Å². The number of hydrogen-bond donors (Lipinski definition) is 0. The van der Waals surface area contributed by atoms with E-state index in [-0.39, 0.29) is 0 Å². The summed E-state index contributed by atoms with van der Waals surface area (Å²) in [7, 11) is 0. The molecule has 6 heteroatoms. The van der Waals surface area contributed by atoms with Crippen molar-refractivity contribution in [1.82, 2.24) is 15.1 Å². The third kappa shape index (κ3) is 3.04. The van der Waals surface area contributed by atoms with Crippen molar-refractivity contribution in [1.29, 1.82) is 0 Å². The molecular weight excluding hydrogens is 310 g/mol. The lowest BCUT2D eigenvalue weighted by Crippen LogP contribution is -2.15. The maximum atomic E-state index is 5.56. The fraction of sp³-hybridized carbons (Fsp3) is 0.353. The van der Waals surface area contributed by atoms with Crippen LogP contribution in [0.1, 0.15) is 30.0 Å². The summed E-state index contributed by atoms with van der Waals surface area (Å²) in [6.45, 7) is 3.65. The maximum Gasteiger partial charge on any atom is 0.258 e. The van der Waals surface area contributed by atoms with Crippen molar-refractivity contribution in [3.63, 3.8) is 0 Å². The molecular formula is C17H17N3O2S. The van der Waals surface area contributed by atoms with E-state index in [0.717, 1.165) is 35.9 Å². The summed E-state index contributed by atoms with van der Waals surface area (Å²) >= 11 is 1.52. The van der Waals surface area contributed by atoms with E-state index in [1.54, 1.807) is 0 Å². The number of hydrogen-bond acceptors (Lipinski definition) is 6. The molecule has 0 spiro atoms. The van der Waals surface area contributed by atoms with Gasteiger partial charge in [0.15, 0.2) is 5.01 Å². The summed E-state index contributed by atoms with van der Waals surface area (Å²) in [6, 6.07) is 8.33. The molecule has 1 aliphatic rings. The van der Waals surface area contributed by atoms with Gasteiger partial charge in [-0.15, -0.1) is 11.3 Å². The molecule has 1 aromatic carbocycles. The van der Waals surface area contributed by atoms with Crippen LogP contribution in [0.25, 0.3) is 22.3 Å². The lowest BCUT2D eigenvalue weighted by atomic mass is 9.93. The average molecular weight is 327 g/mol. The zero-order valence-electron chi connectivity index (χ0n) is 12.9. The molecule has 1 fully saturated rings. The normalized spacial score (nSPS) is 18.2. The quantitative estimate of drug-likeness (QED) is 0.726. The summed E-state index contributed by atoms with van der Waals surface area (Å²) < 4.78 is 10.9. The van der Waals surface area contributed by atoms with Gasteiger partial charge in [0.1, 0.15) is 0 Å². The molecule has 0 radical (unpaired) electrons. The van der Waals surface area contributed by atoms with Gasteiger partial charge in [-0.2, -0.15) is 4.98 Å². The summed E-state index contributed by atoms with van der Waals surface area (Å²) in [6.07, 6.45) is 2.32. The molecule has 4 rings (SSSR count). The second-order valence-corrected chi connectivity index (χ2v) is 6.61. The fourth-order valence-electron chi connectivity index (χ4n) is 2.79. The monoisotopic (exact) mass is 327 g/mol. The Hall–Kier alpha value is -2.05. The first kappa shape index (κ1) is 14.5. The number of rotatable bonds is 3. The highest BCUT2D eigenvalue weighted by atomic mass is 32.1. The number of thiazole rings is 1. The highest BCUT2D eigenvalue weighted by Gasteiger charge is 2.17. The standard InChI is InChI=1S/C17H17N3O2S/c1-11-10-23-17(18-11)15-19-16(22-20-15)13-6-4-12(5-7-13)14-3-2-8-21-9-14/h4-7,10,14H,2-3,8-9H2,1H3. The lowest BCUT2D eigenvalue weighted by Gasteiger charge is -2.22. The molecule has 0 bridgehead atoms. The van der Waals surface area contributed by atoms with E-state index in [2.05, 4.69) is 27.3 Å². The Balaban J connectivity index is 1.55. The topological polar surface area (TPSA) is 61.0 Å². The Bertz CT molecular complexity index is 788. The number of nitrogens with zero attached hydrogens (tertiary/aromatic N) is 3. The molecule has 1 atom stereocenters. The molecule has 118 valence electrons. The van der Waals surface area contributed by atoms with Gasteiger partial charge >= 0.3 is 0 Å². The van der Waals surface area contributed by atoms with Gasteiger partial charge < -0.3 is 9.26 Å². The fourth-order valence-corrected chi connectivity index (χ4v) is 3.51. The van der Waals surface area contributed by atoms with E-state index in [4.69, 9.17) is 9.26 Å². The van der Waals surface area contributed by atoms with Crippen LogP contribution < -0.4 is 0 Å².